The molecule has 1 atom stereocenters. The molecule has 1 amide bonds. The number of carbonyl (C=O) groups excluding carboxylic acids is 1. The fourth-order valence-electron chi connectivity index (χ4n) is 2.64. The van der Waals surface area contributed by atoms with Gasteiger partial charge < -0.3 is 14.7 Å². The summed E-state index contributed by atoms with van der Waals surface area (Å²) in [5.74, 6) is -2.15. The molecule has 0 bridgehead atoms. The van der Waals surface area contributed by atoms with Crippen molar-refractivity contribution in [1.29, 1.82) is 0 Å². The Bertz CT molecular complexity index is 659. The number of alkyl halides is 3. The summed E-state index contributed by atoms with van der Waals surface area (Å²) in [6, 6.07) is 5.41. The van der Waals surface area contributed by atoms with Gasteiger partial charge in [0.25, 0.3) is 5.91 Å². The molecule has 1 aromatic rings. The van der Waals surface area contributed by atoms with Gasteiger partial charge in [0.1, 0.15) is 5.75 Å². The van der Waals surface area contributed by atoms with Crippen LogP contribution in [0.15, 0.2) is 18.2 Å². The number of carboxylic acids is 1. The number of ether oxygens (including phenoxy) is 1. The second-order valence-corrected chi connectivity index (χ2v) is 6.01. The van der Waals surface area contributed by atoms with Crippen molar-refractivity contribution in [2.75, 3.05) is 19.7 Å². The Hall–Kier alpha value is -2.25. The van der Waals surface area contributed by atoms with Crippen LogP contribution in [0, 0.1) is 19.3 Å². The summed E-state index contributed by atoms with van der Waals surface area (Å²) >= 11 is 0. The van der Waals surface area contributed by atoms with Gasteiger partial charge in [-0.3, -0.25) is 9.59 Å². The molecule has 1 saturated heterocycles. The van der Waals surface area contributed by atoms with E-state index >= 15 is 0 Å². The maximum Gasteiger partial charge on any atom is 0.406 e. The van der Waals surface area contributed by atoms with Crippen molar-refractivity contribution in [1.82, 2.24) is 4.90 Å². The number of aryl methyl sites for hydroxylation is 2. The van der Waals surface area contributed by atoms with Crippen LogP contribution in [0.25, 0.3) is 0 Å². The molecule has 1 aliphatic rings. The molecule has 0 radical (unpaired) electrons. The highest BCUT2D eigenvalue weighted by atomic mass is 19.4. The van der Waals surface area contributed by atoms with E-state index in [1.54, 1.807) is 13.0 Å². The number of hydrogen-bond donors (Lipinski definition) is 1. The highest BCUT2D eigenvalue weighted by molar-refractivity contribution is 5.82. The van der Waals surface area contributed by atoms with Crippen LogP contribution in [-0.4, -0.2) is 47.8 Å². The van der Waals surface area contributed by atoms with E-state index < -0.39 is 43.0 Å². The summed E-state index contributed by atoms with van der Waals surface area (Å²) in [4.78, 5) is 24.1. The van der Waals surface area contributed by atoms with Gasteiger partial charge in [-0.2, -0.15) is 13.2 Å². The van der Waals surface area contributed by atoms with Crippen LogP contribution in [0.3, 0.4) is 0 Å². The van der Waals surface area contributed by atoms with Crippen molar-refractivity contribution in [3.05, 3.63) is 29.3 Å². The summed E-state index contributed by atoms with van der Waals surface area (Å²) in [5.41, 5.74) is -1.18. The first-order valence-electron chi connectivity index (χ1n) is 7.35. The molecular weight excluding hydrogens is 327 g/mol. The third-order valence-corrected chi connectivity index (χ3v) is 4.27. The van der Waals surface area contributed by atoms with Gasteiger partial charge in [0.05, 0.1) is 0 Å². The number of carboxylic acid groups (broad SMARTS) is 1. The van der Waals surface area contributed by atoms with Crippen molar-refractivity contribution in [2.24, 2.45) is 5.41 Å². The first-order chi connectivity index (χ1) is 11.1. The van der Waals surface area contributed by atoms with E-state index in [1.165, 1.54) is 0 Å². The largest absolute Gasteiger partial charge is 0.483 e. The number of halogens is 3. The Morgan fingerprint density at radius 2 is 2.00 bits per heavy atom. The molecule has 0 saturated carbocycles. The van der Waals surface area contributed by atoms with Crippen LogP contribution in [0.2, 0.25) is 0 Å². The Balaban J connectivity index is 2.04. The fraction of sp³-hybridized carbons (Fsp3) is 0.500. The van der Waals surface area contributed by atoms with Crippen LogP contribution >= 0.6 is 0 Å². The van der Waals surface area contributed by atoms with E-state index in [2.05, 4.69) is 0 Å². The number of benzene rings is 1. The highest BCUT2D eigenvalue weighted by Gasteiger charge is 2.64. The number of nitrogens with zero attached hydrogens (tertiary/aromatic N) is 1. The number of hydrogen-bond acceptors (Lipinski definition) is 3. The molecule has 8 heteroatoms. The number of aliphatic carboxylic acids is 1. The molecule has 1 aromatic carbocycles. The second-order valence-electron chi connectivity index (χ2n) is 6.01. The van der Waals surface area contributed by atoms with Crippen LogP contribution < -0.4 is 4.74 Å². The lowest BCUT2D eigenvalue weighted by Gasteiger charge is -2.27. The maximum absolute atomic E-state index is 13.1. The topological polar surface area (TPSA) is 66.8 Å². The summed E-state index contributed by atoms with van der Waals surface area (Å²) in [7, 11) is 0. The molecule has 1 N–H and O–H groups in total. The number of likely N-dealkylation sites (tertiary alicyclic amines) is 1. The number of carbonyl (C=O) groups is 2. The standard InChI is InChI=1S/C16H18F3NO4/c1-10-3-4-11(2)12(7-10)24-8-13(21)20-6-5-15(9-20,14(22)23)16(17,18)19/h3-4,7H,5-6,8-9H2,1-2H3,(H,22,23). The summed E-state index contributed by atoms with van der Waals surface area (Å²) < 4.78 is 44.7. The molecule has 2 rings (SSSR count). The molecule has 0 aromatic heterocycles. The predicted molar refractivity (Wildman–Crippen MR) is 78.7 cm³/mol. The van der Waals surface area contributed by atoms with Gasteiger partial charge in [-0.1, -0.05) is 12.1 Å². The first kappa shape index (κ1) is 18.1. The zero-order valence-electron chi connectivity index (χ0n) is 13.3. The zero-order chi connectivity index (χ0) is 18.1. The van der Waals surface area contributed by atoms with Crippen molar-refractivity contribution in [3.63, 3.8) is 0 Å². The minimum Gasteiger partial charge on any atom is -0.483 e. The summed E-state index contributed by atoms with van der Waals surface area (Å²) in [6.45, 7) is 2.05. The molecule has 1 aliphatic heterocycles. The molecule has 1 heterocycles. The first-order valence-corrected chi connectivity index (χ1v) is 7.35. The van der Waals surface area contributed by atoms with Crippen LogP contribution in [0.5, 0.6) is 5.75 Å². The predicted octanol–water partition coefficient (Wildman–Crippen LogP) is 2.55. The normalized spacial score (nSPS) is 21.0. The average Bonchev–Trinajstić information content (AvgIpc) is 2.94. The van der Waals surface area contributed by atoms with Crippen LogP contribution in [0.4, 0.5) is 13.2 Å². The Labute approximate surface area is 137 Å². The van der Waals surface area contributed by atoms with Gasteiger partial charge in [0.15, 0.2) is 12.0 Å². The highest BCUT2D eigenvalue weighted by Crippen LogP contribution is 2.45. The third-order valence-electron chi connectivity index (χ3n) is 4.27. The lowest BCUT2D eigenvalue weighted by atomic mass is 9.86. The lowest BCUT2D eigenvalue weighted by Crippen LogP contribution is -2.48. The van der Waals surface area contributed by atoms with Crippen molar-refractivity contribution in [2.45, 2.75) is 26.4 Å². The minimum absolute atomic E-state index is 0.263. The van der Waals surface area contributed by atoms with E-state index in [4.69, 9.17) is 9.84 Å². The Kier molecular flexibility index (Phi) is 4.77. The van der Waals surface area contributed by atoms with Gasteiger partial charge in [-0.25, -0.2) is 0 Å². The second kappa shape index (κ2) is 6.33. The van der Waals surface area contributed by atoms with E-state index in [9.17, 15) is 22.8 Å². The van der Waals surface area contributed by atoms with Crippen molar-refractivity contribution in [3.8, 4) is 5.75 Å². The Morgan fingerprint density at radius 1 is 1.33 bits per heavy atom. The van der Waals surface area contributed by atoms with Gasteiger partial charge in [0.2, 0.25) is 0 Å². The molecule has 24 heavy (non-hydrogen) atoms. The third kappa shape index (κ3) is 3.32. The number of rotatable bonds is 4. The fourth-order valence-corrected chi connectivity index (χ4v) is 2.64. The average molecular weight is 345 g/mol. The Morgan fingerprint density at radius 3 is 2.54 bits per heavy atom. The maximum atomic E-state index is 13.1. The molecule has 0 aliphatic carbocycles. The molecule has 132 valence electrons. The van der Waals surface area contributed by atoms with Crippen LogP contribution in [0.1, 0.15) is 17.5 Å². The molecule has 1 unspecified atom stereocenters. The minimum atomic E-state index is -4.91. The van der Waals surface area contributed by atoms with Gasteiger partial charge >= 0.3 is 12.1 Å². The van der Waals surface area contributed by atoms with E-state index in [-0.39, 0.29) is 6.54 Å². The lowest BCUT2D eigenvalue weighted by molar-refractivity contribution is -0.227. The van der Waals surface area contributed by atoms with Gasteiger partial charge in [0, 0.05) is 13.1 Å². The monoisotopic (exact) mass is 345 g/mol. The SMILES string of the molecule is Cc1ccc(C)c(OCC(=O)N2CCC(C(=O)O)(C(F)(F)F)C2)c1. The molecule has 5 nitrogen and oxygen atoms in total. The van der Waals surface area contributed by atoms with Crippen molar-refractivity contribution >= 4 is 11.9 Å². The quantitative estimate of drug-likeness (QED) is 0.911. The zero-order valence-corrected chi connectivity index (χ0v) is 13.3. The summed E-state index contributed by atoms with van der Waals surface area (Å²) in [5, 5.41) is 8.98. The van der Waals surface area contributed by atoms with E-state index in [0.717, 1.165) is 16.0 Å². The molecule has 1 fully saturated rings. The summed E-state index contributed by atoms with van der Waals surface area (Å²) in [6.07, 6.45) is -5.57. The van der Waals surface area contributed by atoms with Gasteiger partial charge in [-0.15, -0.1) is 0 Å². The van der Waals surface area contributed by atoms with E-state index in [0.29, 0.717) is 5.75 Å². The molecular formula is C16H18F3NO4. The van der Waals surface area contributed by atoms with Crippen molar-refractivity contribution < 1.29 is 32.6 Å². The molecule has 0 spiro atoms. The smallest absolute Gasteiger partial charge is 0.406 e. The number of amides is 1. The van der Waals surface area contributed by atoms with Gasteiger partial charge in [-0.05, 0) is 37.5 Å². The van der Waals surface area contributed by atoms with E-state index in [1.807, 2.05) is 19.1 Å². The van der Waals surface area contributed by atoms with Crippen LogP contribution in [-0.2, 0) is 9.59 Å².